The second kappa shape index (κ2) is 5.80. The highest BCUT2D eigenvalue weighted by Gasteiger charge is 2.37. The molecular formula is C19H24N2. The zero-order chi connectivity index (χ0) is 14.8. The van der Waals surface area contributed by atoms with Crippen LogP contribution in [0.25, 0.3) is 0 Å². The molecule has 0 aliphatic carbocycles. The van der Waals surface area contributed by atoms with E-state index in [1.165, 1.54) is 29.9 Å². The van der Waals surface area contributed by atoms with Gasteiger partial charge in [0.25, 0.3) is 0 Å². The molecule has 0 bridgehead atoms. The molecule has 2 heteroatoms. The van der Waals surface area contributed by atoms with Gasteiger partial charge in [-0.2, -0.15) is 0 Å². The van der Waals surface area contributed by atoms with Crippen LogP contribution in [0.1, 0.15) is 26.7 Å². The molecule has 2 aromatic carbocycles. The Morgan fingerprint density at radius 1 is 0.857 bits per heavy atom. The summed E-state index contributed by atoms with van der Waals surface area (Å²) in [5.41, 5.74) is 3.94. The second-order valence-electron chi connectivity index (χ2n) is 5.80. The molecule has 2 aromatic rings. The molecule has 1 atom stereocenters. The molecular weight excluding hydrogens is 256 g/mol. The number of benzene rings is 2. The first-order valence-corrected chi connectivity index (χ1v) is 7.94. The van der Waals surface area contributed by atoms with Crippen LogP contribution in [0.5, 0.6) is 0 Å². The summed E-state index contributed by atoms with van der Waals surface area (Å²) in [5.74, 6) is 0.655. The number of para-hydroxylation sites is 3. The fraction of sp³-hybridized carbons (Fsp3) is 0.368. The van der Waals surface area contributed by atoms with Crippen molar-refractivity contribution in [2.24, 2.45) is 5.92 Å². The van der Waals surface area contributed by atoms with E-state index >= 15 is 0 Å². The third kappa shape index (κ3) is 2.29. The van der Waals surface area contributed by atoms with Crippen LogP contribution in [0.3, 0.4) is 0 Å². The molecule has 0 amide bonds. The van der Waals surface area contributed by atoms with E-state index in [9.17, 15) is 0 Å². The average Bonchev–Trinajstić information content (AvgIpc) is 2.83. The molecule has 0 saturated heterocycles. The van der Waals surface area contributed by atoms with Gasteiger partial charge in [0.1, 0.15) is 6.17 Å². The highest BCUT2D eigenvalue weighted by atomic mass is 15.4. The predicted molar refractivity (Wildman–Crippen MR) is 91.3 cm³/mol. The van der Waals surface area contributed by atoms with Crippen molar-refractivity contribution in [3.8, 4) is 0 Å². The molecule has 0 aromatic heterocycles. The van der Waals surface area contributed by atoms with Gasteiger partial charge in [0.2, 0.25) is 0 Å². The van der Waals surface area contributed by atoms with E-state index in [4.69, 9.17) is 0 Å². The maximum absolute atomic E-state index is 2.51. The maximum atomic E-state index is 2.51. The van der Waals surface area contributed by atoms with Gasteiger partial charge in [-0.3, -0.25) is 0 Å². The standard InChI is InChI=1S/C19H24N2/c1-4-15(5-2)19-20(3)17-13-9-10-14-18(17)21(19)16-11-7-6-8-12-16/h6-15,19H,4-5H2,1-3H3. The van der Waals surface area contributed by atoms with Crippen LogP contribution in [0.4, 0.5) is 17.1 Å². The van der Waals surface area contributed by atoms with Crippen LogP contribution in [0.15, 0.2) is 54.6 Å². The van der Waals surface area contributed by atoms with Crippen LogP contribution in [-0.2, 0) is 0 Å². The lowest BCUT2D eigenvalue weighted by Crippen LogP contribution is -2.44. The minimum absolute atomic E-state index is 0.403. The summed E-state index contributed by atoms with van der Waals surface area (Å²) in [6, 6.07) is 19.5. The Morgan fingerprint density at radius 3 is 2.05 bits per heavy atom. The van der Waals surface area contributed by atoms with Crippen LogP contribution < -0.4 is 9.80 Å². The summed E-state index contributed by atoms with van der Waals surface area (Å²) >= 11 is 0. The number of hydrogen-bond donors (Lipinski definition) is 0. The van der Waals surface area contributed by atoms with Gasteiger partial charge < -0.3 is 9.80 Å². The average molecular weight is 280 g/mol. The summed E-state index contributed by atoms with van der Waals surface area (Å²) in [4.78, 5) is 4.95. The molecule has 3 rings (SSSR count). The van der Waals surface area contributed by atoms with E-state index in [0.29, 0.717) is 12.1 Å². The van der Waals surface area contributed by atoms with Gasteiger partial charge >= 0.3 is 0 Å². The van der Waals surface area contributed by atoms with Gasteiger partial charge in [0.05, 0.1) is 11.4 Å². The summed E-state index contributed by atoms with van der Waals surface area (Å²) in [6.45, 7) is 4.60. The maximum Gasteiger partial charge on any atom is 0.109 e. The molecule has 1 aliphatic heterocycles. The Balaban J connectivity index is 2.11. The number of rotatable bonds is 4. The topological polar surface area (TPSA) is 6.48 Å². The van der Waals surface area contributed by atoms with E-state index in [-0.39, 0.29) is 0 Å². The Morgan fingerprint density at radius 2 is 1.43 bits per heavy atom. The Bertz CT molecular complexity index is 590. The lowest BCUT2D eigenvalue weighted by atomic mass is 9.98. The lowest BCUT2D eigenvalue weighted by molar-refractivity contribution is 0.398. The third-order valence-corrected chi connectivity index (χ3v) is 4.69. The minimum Gasteiger partial charge on any atom is -0.352 e. The highest BCUT2D eigenvalue weighted by Crippen LogP contribution is 2.46. The fourth-order valence-corrected chi connectivity index (χ4v) is 3.54. The van der Waals surface area contributed by atoms with Crippen LogP contribution in [0.2, 0.25) is 0 Å². The molecule has 1 aliphatic rings. The molecule has 2 nitrogen and oxygen atoms in total. The first kappa shape index (κ1) is 14.0. The molecule has 0 spiro atoms. The zero-order valence-corrected chi connectivity index (χ0v) is 13.2. The van der Waals surface area contributed by atoms with Gasteiger partial charge in [-0.1, -0.05) is 44.2 Å². The smallest absolute Gasteiger partial charge is 0.109 e. The van der Waals surface area contributed by atoms with E-state index in [1.54, 1.807) is 0 Å². The molecule has 21 heavy (non-hydrogen) atoms. The van der Waals surface area contributed by atoms with Gasteiger partial charge in [-0.25, -0.2) is 0 Å². The van der Waals surface area contributed by atoms with E-state index in [0.717, 1.165) is 0 Å². The molecule has 0 fully saturated rings. The Hall–Kier alpha value is -1.96. The SMILES string of the molecule is CCC(CC)C1N(C)c2ccccc2N1c1ccccc1. The molecule has 1 heterocycles. The zero-order valence-electron chi connectivity index (χ0n) is 13.2. The van der Waals surface area contributed by atoms with Gasteiger partial charge in [-0.05, 0) is 43.0 Å². The van der Waals surface area contributed by atoms with Crippen molar-refractivity contribution in [1.29, 1.82) is 0 Å². The van der Waals surface area contributed by atoms with E-state index in [2.05, 4.69) is 85.3 Å². The molecule has 110 valence electrons. The summed E-state index contributed by atoms with van der Waals surface area (Å²) in [7, 11) is 2.23. The van der Waals surface area contributed by atoms with Crippen molar-refractivity contribution in [3.63, 3.8) is 0 Å². The highest BCUT2D eigenvalue weighted by molar-refractivity contribution is 5.83. The molecule has 1 unspecified atom stereocenters. The number of fused-ring (bicyclic) bond motifs is 1. The predicted octanol–water partition coefficient (Wildman–Crippen LogP) is 5.04. The first-order chi connectivity index (χ1) is 10.3. The van der Waals surface area contributed by atoms with Crippen molar-refractivity contribution >= 4 is 17.1 Å². The van der Waals surface area contributed by atoms with Crippen molar-refractivity contribution in [3.05, 3.63) is 54.6 Å². The number of anilines is 3. The van der Waals surface area contributed by atoms with E-state index in [1.807, 2.05) is 0 Å². The van der Waals surface area contributed by atoms with Crippen LogP contribution >= 0.6 is 0 Å². The minimum atomic E-state index is 0.403. The van der Waals surface area contributed by atoms with Crippen LogP contribution in [0, 0.1) is 5.92 Å². The third-order valence-electron chi connectivity index (χ3n) is 4.69. The Kier molecular flexibility index (Phi) is 3.87. The number of hydrogen-bond acceptors (Lipinski definition) is 2. The van der Waals surface area contributed by atoms with Crippen molar-refractivity contribution in [1.82, 2.24) is 0 Å². The van der Waals surface area contributed by atoms with Crippen molar-refractivity contribution in [2.45, 2.75) is 32.9 Å². The number of nitrogens with zero attached hydrogens (tertiary/aromatic N) is 2. The van der Waals surface area contributed by atoms with Gasteiger partial charge in [0.15, 0.2) is 0 Å². The van der Waals surface area contributed by atoms with Crippen molar-refractivity contribution < 1.29 is 0 Å². The van der Waals surface area contributed by atoms with Crippen LogP contribution in [-0.4, -0.2) is 13.2 Å². The van der Waals surface area contributed by atoms with Gasteiger partial charge in [-0.15, -0.1) is 0 Å². The molecule has 0 saturated carbocycles. The summed E-state index contributed by atoms with van der Waals surface area (Å²) in [6.07, 6.45) is 2.80. The fourth-order valence-electron chi connectivity index (χ4n) is 3.54. The summed E-state index contributed by atoms with van der Waals surface area (Å²) < 4.78 is 0. The monoisotopic (exact) mass is 280 g/mol. The summed E-state index contributed by atoms with van der Waals surface area (Å²) in [5, 5.41) is 0. The molecule has 0 radical (unpaired) electrons. The normalized spacial score (nSPS) is 17.4. The first-order valence-electron chi connectivity index (χ1n) is 7.94. The largest absolute Gasteiger partial charge is 0.352 e. The van der Waals surface area contributed by atoms with Crippen molar-refractivity contribution in [2.75, 3.05) is 16.8 Å². The molecule has 0 N–H and O–H groups in total. The van der Waals surface area contributed by atoms with Gasteiger partial charge in [0, 0.05) is 12.7 Å². The lowest BCUT2D eigenvalue weighted by Gasteiger charge is -2.36. The quantitative estimate of drug-likeness (QED) is 0.774. The Labute approximate surface area is 128 Å². The second-order valence-corrected chi connectivity index (χ2v) is 5.80. The van der Waals surface area contributed by atoms with E-state index < -0.39 is 0 Å².